The van der Waals surface area contributed by atoms with Crippen molar-refractivity contribution in [2.75, 3.05) is 12.3 Å². The standard InChI is InChI=1S/C17H16N2O2/c1-2-21-15-10-6-5-9-14(15)19-16(18)11-12-7-3-4-8-13(12)17(19)20/h3-11H,2,18H2,1H3. The Kier molecular flexibility index (Phi) is 3.36. The number of anilines is 1. The first-order chi connectivity index (χ1) is 10.2. The van der Waals surface area contributed by atoms with E-state index >= 15 is 0 Å². The molecule has 0 amide bonds. The van der Waals surface area contributed by atoms with Crippen LogP contribution in [0.1, 0.15) is 6.92 Å². The fraction of sp³-hybridized carbons (Fsp3) is 0.118. The van der Waals surface area contributed by atoms with Crippen molar-refractivity contribution in [3.8, 4) is 11.4 Å². The molecule has 0 aliphatic heterocycles. The van der Waals surface area contributed by atoms with Crippen molar-refractivity contribution in [2.45, 2.75) is 6.92 Å². The Bertz CT molecular complexity index is 853. The van der Waals surface area contributed by atoms with Gasteiger partial charge in [0, 0.05) is 5.39 Å². The predicted molar refractivity (Wildman–Crippen MR) is 85.1 cm³/mol. The summed E-state index contributed by atoms with van der Waals surface area (Å²) < 4.78 is 7.09. The smallest absolute Gasteiger partial charge is 0.264 e. The average Bonchev–Trinajstić information content (AvgIpc) is 2.49. The van der Waals surface area contributed by atoms with Gasteiger partial charge in [0.1, 0.15) is 11.6 Å². The topological polar surface area (TPSA) is 57.2 Å². The summed E-state index contributed by atoms with van der Waals surface area (Å²) >= 11 is 0. The molecule has 2 aromatic carbocycles. The molecule has 3 aromatic rings. The monoisotopic (exact) mass is 280 g/mol. The highest BCUT2D eigenvalue weighted by atomic mass is 16.5. The fourth-order valence-corrected chi connectivity index (χ4v) is 2.45. The van der Waals surface area contributed by atoms with Crippen molar-refractivity contribution in [1.82, 2.24) is 4.57 Å². The van der Waals surface area contributed by atoms with Crippen molar-refractivity contribution >= 4 is 16.6 Å². The average molecular weight is 280 g/mol. The van der Waals surface area contributed by atoms with Crippen LogP contribution in [-0.4, -0.2) is 11.2 Å². The first-order valence-electron chi connectivity index (χ1n) is 6.85. The fourth-order valence-electron chi connectivity index (χ4n) is 2.45. The van der Waals surface area contributed by atoms with Crippen LogP contribution in [0.25, 0.3) is 16.5 Å². The molecule has 0 saturated heterocycles. The van der Waals surface area contributed by atoms with Gasteiger partial charge in [0.25, 0.3) is 5.56 Å². The summed E-state index contributed by atoms with van der Waals surface area (Å²) in [5.74, 6) is 1.04. The Labute approximate surface area is 122 Å². The van der Waals surface area contributed by atoms with Gasteiger partial charge in [0.15, 0.2) is 0 Å². The van der Waals surface area contributed by atoms with Crippen LogP contribution in [0, 0.1) is 0 Å². The van der Waals surface area contributed by atoms with Gasteiger partial charge in [0.2, 0.25) is 0 Å². The Morgan fingerprint density at radius 1 is 1.10 bits per heavy atom. The Hall–Kier alpha value is -2.75. The zero-order valence-electron chi connectivity index (χ0n) is 11.7. The van der Waals surface area contributed by atoms with Crippen molar-refractivity contribution < 1.29 is 4.74 Å². The first kappa shape index (κ1) is 13.2. The number of nitrogens with two attached hydrogens (primary N) is 1. The Balaban J connectivity index is 2.33. The van der Waals surface area contributed by atoms with E-state index < -0.39 is 0 Å². The molecule has 0 atom stereocenters. The number of rotatable bonds is 3. The van der Waals surface area contributed by atoms with Crippen LogP contribution < -0.4 is 16.0 Å². The maximum Gasteiger partial charge on any atom is 0.264 e. The van der Waals surface area contributed by atoms with E-state index in [-0.39, 0.29) is 5.56 Å². The first-order valence-corrected chi connectivity index (χ1v) is 6.85. The quantitative estimate of drug-likeness (QED) is 0.802. The van der Waals surface area contributed by atoms with E-state index in [9.17, 15) is 4.79 Å². The van der Waals surface area contributed by atoms with Gasteiger partial charge in [-0.3, -0.25) is 9.36 Å². The molecule has 0 radical (unpaired) electrons. The number of pyridine rings is 1. The molecule has 1 aromatic heterocycles. The Morgan fingerprint density at radius 2 is 1.81 bits per heavy atom. The molecule has 0 unspecified atom stereocenters. The molecule has 21 heavy (non-hydrogen) atoms. The summed E-state index contributed by atoms with van der Waals surface area (Å²) in [6.45, 7) is 2.43. The van der Waals surface area contributed by atoms with Crippen LogP contribution in [0.3, 0.4) is 0 Å². The number of nitrogens with zero attached hydrogens (tertiary/aromatic N) is 1. The molecule has 0 saturated carbocycles. The minimum atomic E-state index is -0.141. The van der Waals surface area contributed by atoms with Crippen LogP contribution in [0.5, 0.6) is 5.75 Å². The second-order valence-electron chi connectivity index (χ2n) is 4.70. The van der Waals surface area contributed by atoms with Crippen LogP contribution in [0.4, 0.5) is 5.82 Å². The minimum absolute atomic E-state index is 0.141. The van der Waals surface area contributed by atoms with Crippen molar-refractivity contribution in [2.24, 2.45) is 0 Å². The molecule has 0 bridgehead atoms. The molecule has 4 nitrogen and oxygen atoms in total. The maximum absolute atomic E-state index is 12.7. The zero-order valence-corrected chi connectivity index (χ0v) is 11.7. The second kappa shape index (κ2) is 5.32. The van der Waals surface area contributed by atoms with E-state index in [1.807, 2.05) is 49.4 Å². The lowest BCUT2D eigenvalue weighted by Crippen LogP contribution is -2.22. The molecular weight excluding hydrogens is 264 g/mol. The summed E-state index contributed by atoms with van der Waals surface area (Å²) in [5, 5.41) is 1.48. The van der Waals surface area contributed by atoms with Gasteiger partial charge in [-0.2, -0.15) is 0 Å². The van der Waals surface area contributed by atoms with E-state index in [1.165, 1.54) is 4.57 Å². The number of fused-ring (bicyclic) bond motifs is 1. The van der Waals surface area contributed by atoms with Crippen molar-refractivity contribution in [3.63, 3.8) is 0 Å². The van der Waals surface area contributed by atoms with Gasteiger partial charge >= 0.3 is 0 Å². The van der Waals surface area contributed by atoms with Crippen LogP contribution >= 0.6 is 0 Å². The van der Waals surface area contributed by atoms with Crippen LogP contribution in [0.15, 0.2) is 59.4 Å². The summed E-state index contributed by atoms with van der Waals surface area (Å²) in [6.07, 6.45) is 0. The van der Waals surface area contributed by atoms with Gasteiger partial charge in [-0.15, -0.1) is 0 Å². The number of hydrogen-bond donors (Lipinski definition) is 1. The van der Waals surface area contributed by atoms with Crippen molar-refractivity contribution in [3.05, 3.63) is 65.0 Å². The SMILES string of the molecule is CCOc1ccccc1-n1c(N)cc2ccccc2c1=O. The maximum atomic E-state index is 12.7. The molecule has 0 spiro atoms. The number of aromatic nitrogens is 1. The number of nitrogen functional groups attached to an aromatic ring is 1. The summed E-state index contributed by atoms with van der Waals surface area (Å²) in [4.78, 5) is 12.7. The molecule has 106 valence electrons. The lowest BCUT2D eigenvalue weighted by Gasteiger charge is -2.15. The van der Waals surface area contributed by atoms with Gasteiger partial charge in [-0.05, 0) is 36.6 Å². The molecule has 3 rings (SSSR count). The largest absolute Gasteiger partial charge is 0.492 e. The highest BCUT2D eigenvalue weighted by Gasteiger charge is 2.12. The summed E-state index contributed by atoms with van der Waals surface area (Å²) in [6, 6.07) is 16.6. The van der Waals surface area contributed by atoms with E-state index in [2.05, 4.69) is 0 Å². The molecule has 1 heterocycles. The molecule has 4 heteroatoms. The van der Waals surface area contributed by atoms with Crippen LogP contribution in [-0.2, 0) is 0 Å². The highest BCUT2D eigenvalue weighted by Crippen LogP contribution is 2.25. The van der Waals surface area contributed by atoms with E-state index in [0.29, 0.717) is 29.2 Å². The van der Waals surface area contributed by atoms with E-state index in [1.54, 1.807) is 12.1 Å². The summed E-state index contributed by atoms with van der Waals surface area (Å²) in [5.41, 5.74) is 6.61. The predicted octanol–water partition coefficient (Wildman–Crippen LogP) is 2.97. The third kappa shape index (κ3) is 2.25. The lowest BCUT2D eigenvalue weighted by molar-refractivity contribution is 0.339. The second-order valence-corrected chi connectivity index (χ2v) is 4.70. The third-order valence-corrected chi connectivity index (χ3v) is 3.36. The van der Waals surface area contributed by atoms with Crippen LogP contribution in [0.2, 0.25) is 0 Å². The van der Waals surface area contributed by atoms with Gasteiger partial charge < -0.3 is 10.5 Å². The van der Waals surface area contributed by atoms with Crippen molar-refractivity contribution in [1.29, 1.82) is 0 Å². The molecule has 0 fully saturated rings. The third-order valence-electron chi connectivity index (χ3n) is 3.36. The van der Waals surface area contributed by atoms with Gasteiger partial charge in [-0.25, -0.2) is 0 Å². The van der Waals surface area contributed by atoms with Gasteiger partial charge in [0.05, 0.1) is 12.3 Å². The lowest BCUT2D eigenvalue weighted by atomic mass is 10.1. The highest BCUT2D eigenvalue weighted by molar-refractivity contribution is 5.84. The summed E-state index contributed by atoms with van der Waals surface area (Å²) in [7, 11) is 0. The van der Waals surface area contributed by atoms with E-state index in [4.69, 9.17) is 10.5 Å². The Morgan fingerprint density at radius 3 is 2.62 bits per heavy atom. The zero-order chi connectivity index (χ0) is 14.8. The number of para-hydroxylation sites is 2. The molecule has 0 aliphatic rings. The van der Waals surface area contributed by atoms with E-state index in [0.717, 1.165) is 5.39 Å². The normalized spacial score (nSPS) is 10.7. The van der Waals surface area contributed by atoms with Gasteiger partial charge in [-0.1, -0.05) is 30.3 Å². The number of ether oxygens (including phenoxy) is 1. The molecular formula is C17H16N2O2. The number of benzene rings is 2. The molecule has 2 N–H and O–H groups in total. The molecule has 0 aliphatic carbocycles. The number of hydrogen-bond acceptors (Lipinski definition) is 3. The minimum Gasteiger partial charge on any atom is -0.492 e.